The van der Waals surface area contributed by atoms with E-state index in [1.54, 1.807) is 12.1 Å². The van der Waals surface area contributed by atoms with Gasteiger partial charge in [0, 0.05) is 5.71 Å². The Hall–Kier alpha value is -1.31. The molecule has 1 fully saturated rings. The minimum Gasteiger partial charge on any atom is -0.508 e. The van der Waals surface area contributed by atoms with Crippen LogP contribution in [-0.4, -0.2) is 10.8 Å². The molecule has 2 rings (SSSR count). The zero-order chi connectivity index (χ0) is 9.10. The van der Waals surface area contributed by atoms with Crippen molar-refractivity contribution in [1.82, 2.24) is 0 Å². The Bertz CT molecular complexity index is 305. The number of hydrogen-bond acceptors (Lipinski definition) is 2. The normalized spacial score (nSPS) is 16.2. The summed E-state index contributed by atoms with van der Waals surface area (Å²) in [5.41, 5.74) is 2.25. The van der Waals surface area contributed by atoms with E-state index in [9.17, 15) is 0 Å². The van der Waals surface area contributed by atoms with Crippen molar-refractivity contribution in [3.63, 3.8) is 0 Å². The van der Waals surface area contributed by atoms with Crippen molar-refractivity contribution >= 4 is 11.4 Å². The molecule has 1 aliphatic rings. The molecule has 1 aliphatic carbocycles. The molecule has 0 heterocycles. The van der Waals surface area contributed by atoms with E-state index in [1.807, 2.05) is 12.1 Å². The monoisotopic (exact) mass is 175 g/mol. The molecule has 68 valence electrons. The van der Waals surface area contributed by atoms with Crippen molar-refractivity contribution in [1.29, 1.82) is 0 Å². The van der Waals surface area contributed by atoms with Gasteiger partial charge in [-0.2, -0.15) is 0 Å². The summed E-state index contributed by atoms with van der Waals surface area (Å²) in [7, 11) is 0. The van der Waals surface area contributed by atoms with E-state index in [0.29, 0.717) is 5.75 Å². The Morgan fingerprint density at radius 3 is 2.23 bits per heavy atom. The molecule has 1 N–H and O–H groups in total. The molecule has 2 nitrogen and oxygen atoms in total. The summed E-state index contributed by atoms with van der Waals surface area (Å²) in [5, 5.41) is 9.07. The van der Waals surface area contributed by atoms with Crippen LogP contribution in [0.1, 0.15) is 25.7 Å². The highest BCUT2D eigenvalue weighted by Gasteiger charge is 2.07. The number of rotatable bonds is 1. The van der Waals surface area contributed by atoms with Crippen LogP contribution in [0, 0.1) is 0 Å². The van der Waals surface area contributed by atoms with Crippen LogP contribution in [-0.2, 0) is 0 Å². The van der Waals surface area contributed by atoms with Crippen LogP contribution in [0.15, 0.2) is 29.3 Å². The molecule has 0 aromatic heterocycles. The average Bonchev–Trinajstić information content (AvgIpc) is 2.62. The molecule has 0 bridgehead atoms. The molecule has 2 heteroatoms. The maximum absolute atomic E-state index is 9.07. The van der Waals surface area contributed by atoms with Crippen LogP contribution in [0.2, 0.25) is 0 Å². The van der Waals surface area contributed by atoms with Gasteiger partial charge in [0.1, 0.15) is 5.75 Å². The molecule has 1 saturated carbocycles. The summed E-state index contributed by atoms with van der Waals surface area (Å²) in [5.74, 6) is 0.301. The van der Waals surface area contributed by atoms with Crippen LogP contribution < -0.4 is 0 Å². The largest absolute Gasteiger partial charge is 0.508 e. The maximum Gasteiger partial charge on any atom is 0.115 e. The zero-order valence-electron chi connectivity index (χ0n) is 7.53. The number of benzene rings is 1. The first-order valence-electron chi connectivity index (χ1n) is 4.70. The van der Waals surface area contributed by atoms with E-state index < -0.39 is 0 Å². The molecule has 0 aliphatic heterocycles. The van der Waals surface area contributed by atoms with Gasteiger partial charge in [0.05, 0.1) is 5.69 Å². The summed E-state index contributed by atoms with van der Waals surface area (Å²) in [6.45, 7) is 0. The zero-order valence-corrected chi connectivity index (χ0v) is 7.53. The van der Waals surface area contributed by atoms with Gasteiger partial charge in [-0.3, -0.25) is 4.99 Å². The second-order valence-electron chi connectivity index (χ2n) is 3.40. The van der Waals surface area contributed by atoms with Crippen LogP contribution in [0.3, 0.4) is 0 Å². The van der Waals surface area contributed by atoms with E-state index >= 15 is 0 Å². The molecule has 0 atom stereocenters. The third-order valence-corrected chi connectivity index (χ3v) is 2.32. The second-order valence-corrected chi connectivity index (χ2v) is 3.40. The molecule has 0 saturated heterocycles. The van der Waals surface area contributed by atoms with Gasteiger partial charge in [0.25, 0.3) is 0 Å². The van der Waals surface area contributed by atoms with Gasteiger partial charge in [-0.1, -0.05) is 0 Å². The van der Waals surface area contributed by atoms with Gasteiger partial charge in [-0.15, -0.1) is 0 Å². The highest BCUT2D eigenvalue weighted by atomic mass is 16.3. The second kappa shape index (κ2) is 3.60. The molecule has 0 unspecified atom stereocenters. The van der Waals surface area contributed by atoms with Gasteiger partial charge in [0.2, 0.25) is 0 Å². The summed E-state index contributed by atoms with van der Waals surface area (Å²) in [4.78, 5) is 4.50. The SMILES string of the molecule is Oc1ccc(N=C2CCCC2)cc1. The Balaban J connectivity index is 2.17. The van der Waals surface area contributed by atoms with Gasteiger partial charge in [0.15, 0.2) is 0 Å². The van der Waals surface area contributed by atoms with Crippen molar-refractivity contribution in [2.75, 3.05) is 0 Å². The van der Waals surface area contributed by atoms with E-state index in [4.69, 9.17) is 5.11 Å². The summed E-state index contributed by atoms with van der Waals surface area (Å²) < 4.78 is 0. The lowest BCUT2D eigenvalue weighted by molar-refractivity contribution is 0.475. The Labute approximate surface area is 77.9 Å². The minimum atomic E-state index is 0.301. The van der Waals surface area contributed by atoms with Crippen molar-refractivity contribution < 1.29 is 5.11 Å². The smallest absolute Gasteiger partial charge is 0.115 e. The van der Waals surface area contributed by atoms with Crippen molar-refractivity contribution in [3.8, 4) is 5.75 Å². The molecule has 0 radical (unpaired) electrons. The number of aromatic hydroxyl groups is 1. The predicted octanol–water partition coefficient (Wildman–Crippen LogP) is 3.04. The summed E-state index contributed by atoms with van der Waals surface area (Å²) in [6, 6.07) is 7.05. The molecule has 0 amide bonds. The first-order chi connectivity index (χ1) is 6.34. The van der Waals surface area contributed by atoms with E-state index in [2.05, 4.69) is 4.99 Å². The van der Waals surface area contributed by atoms with E-state index in [1.165, 1.54) is 18.6 Å². The highest BCUT2D eigenvalue weighted by Crippen LogP contribution is 2.21. The van der Waals surface area contributed by atoms with Gasteiger partial charge >= 0.3 is 0 Å². The van der Waals surface area contributed by atoms with Crippen molar-refractivity contribution in [2.24, 2.45) is 4.99 Å². The minimum absolute atomic E-state index is 0.301. The highest BCUT2D eigenvalue weighted by molar-refractivity contribution is 5.88. The van der Waals surface area contributed by atoms with Crippen molar-refractivity contribution in [2.45, 2.75) is 25.7 Å². The molecule has 1 aromatic carbocycles. The quantitative estimate of drug-likeness (QED) is 0.699. The Kier molecular flexibility index (Phi) is 2.30. The van der Waals surface area contributed by atoms with Gasteiger partial charge in [-0.05, 0) is 49.9 Å². The number of nitrogens with zero attached hydrogens (tertiary/aromatic N) is 1. The van der Waals surface area contributed by atoms with E-state index in [0.717, 1.165) is 18.5 Å². The van der Waals surface area contributed by atoms with Crippen molar-refractivity contribution in [3.05, 3.63) is 24.3 Å². The molecule has 13 heavy (non-hydrogen) atoms. The third kappa shape index (κ3) is 2.08. The fourth-order valence-electron chi connectivity index (χ4n) is 1.60. The lowest BCUT2D eigenvalue weighted by Gasteiger charge is -1.96. The average molecular weight is 175 g/mol. The number of phenols is 1. The van der Waals surface area contributed by atoms with Crippen LogP contribution in [0.25, 0.3) is 0 Å². The summed E-state index contributed by atoms with van der Waals surface area (Å²) in [6.07, 6.45) is 4.83. The first kappa shape index (κ1) is 8.30. The number of hydrogen-bond donors (Lipinski definition) is 1. The van der Waals surface area contributed by atoms with Crippen LogP contribution >= 0.6 is 0 Å². The molecule has 0 spiro atoms. The van der Waals surface area contributed by atoms with Gasteiger partial charge < -0.3 is 5.11 Å². The Morgan fingerprint density at radius 1 is 1.00 bits per heavy atom. The topological polar surface area (TPSA) is 32.6 Å². The van der Waals surface area contributed by atoms with Crippen LogP contribution in [0.4, 0.5) is 5.69 Å². The lowest BCUT2D eigenvalue weighted by atomic mass is 10.3. The molecular formula is C11H13NO. The fraction of sp³-hybridized carbons (Fsp3) is 0.364. The first-order valence-corrected chi connectivity index (χ1v) is 4.70. The standard InChI is InChI=1S/C11H13NO/c13-11-7-5-10(6-8-11)12-9-3-1-2-4-9/h5-8,13H,1-4H2. The number of aliphatic imine (C=N–C) groups is 1. The van der Waals surface area contributed by atoms with Crippen LogP contribution in [0.5, 0.6) is 5.75 Å². The summed E-state index contributed by atoms with van der Waals surface area (Å²) >= 11 is 0. The molecular weight excluding hydrogens is 162 g/mol. The third-order valence-electron chi connectivity index (χ3n) is 2.32. The predicted molar refractivity (Wildman–Crippen MR) is 53.7 cm³/mol. The Morgan fingerprint density at radius 2 is 1.62 bits per heavy atom. The van der Waals surface area contributed by atoms with E-state index in [-0.39, 0.29) is 0 Å². The van der Waals surface area contributed by atoms with Gasteiger partial charge in [-0.25, -0.2) is 0 Å². The fourth-order valence-corrected chi connectivity index (χ4v) is 1.60. The maximum atomic E-state index is 9.07. The lowest BCUT2D eigenvalue weighted by Crippen LogP contribution is -1.85. The number of phenolic OH excluding ortho intramolecular Hbond substituents is 1. The molecule has 1 aromatic rings.